The van der Waals surface area contributed by atoms with Gasteiger partial charge >= 0.3 is 0 Å². The number of anilines is 1. The molecular weight excluding hydrogens is 372 g/mol. The van der Waals surface area contributed by atoms with Crippen molar-refractivity contribution in [3.63, 3.8) is 0 Å². The molecule has 0 atom stereocenters. The normalized spacial score (nSPS) is 20.5. The van der Waals surface area contributed by atoms with E-state index in [1.54, 1.807) is 6.33 Å². The van der Waals surface area contributed by atoms with Gasteiger partial charge < -0.3 is 19.4 Å². The van der Waals surface area contributed by atoms with Crippen molar-refractivity contribution in [2.75, 3.05) is 31.2 Å². The van der Waals surface area contributed by atoms with E-state index in [2.05, 4.69) is 47.9 Å². The summed E-state index contributed by atoms with van der Waals surface area (Å²) in [4.78, 5) is 14.8. The van der Waals surface area contributed by atoms with Gasteiger partial charge in [0.15, 0.2) is 11.6 Å². The van der Waals surface area contributed by atoms with Crippen LogP contribution in [-0.2, 0) is 9.47 Å². The zero-order valence-electron chi connectivity index (χ0n) is 13.1. The second kappa shape index (κ2) is 5.40. The van der Waals surface area contributed by atoms with Gasteiger partial charge in [0.2, 0.25) is 0 Å². The SMILES string of the molecule is Brc1ccc2[nH]c3c(N4CCC5(CC4)OCCO5)ncnc3c2c1. The Morgan fingerprint density at radius 3 is 2.71 bits per heavy atom. The predicted octanol–water partition coefficient (Wildman–Crippen LogP) is 3.22. The van der Waals surface area contributed by atoms with Crippen molar-refractivity contribution < 1.29 is 9.47 Å². The van der Waals surface area contributed by atoms with Gasteiger partial charge in [0.1, 0.15) is 17.4 Å². The Hall–Kier alpha value is -1.70. The average Bonchev–Trinajstić information content (AvgIpc) is 3.20. The molecule has 4 heterocycles. The second-order valence-corrected chi connectivity index (χ2v) is 7.25. The number of piperidine rings is 1. The summed E-state index contributed by atoms with van der Waals surface area (Å²) in [5, 5.41) is 1.11. The first-order valence-corrected chi connectivity index (χ1v) is 8.98. The van der Waals surface area contributed by atoms with E-state index in [1.165, 1.54) is 0 Å². The van der Waals surface area contributed by atoms with E-state index < -0.39 is 0 Å². The topological polar surface area (TPSA) is 63.3 Å². The third kappa shape index (κ3) is 2.22. The van der Waals surface area contributed by atoms with Crippen LogP contribution in [0.25, 0.3) is 21.9 Å². The molecule has 2 aromatic heterocycles. The molecule has 0 saturated carbocycles. The molecule has 124 valence electrons. The van der Waals surface area contributed by atoms with Crippen LogP contribution in [0.3, 0.4) is 0 Å². The van der Waals surface area contributed by atoms with Crippen molar-refractivity contribution in [3.8, 4) is 0 Å². The maximum absolute atomic E-state index is 5.82. The largest absolute Gasteiger partial charge is 0.354 e. The molecule has 2 saturated heterocycles. The fourth-order valence-corrected chi connectivity index (χ4v) is 4.10. The van der Waals surface area contributed by atoms with Gasteiger partial charge in [-0.3, -0.25) is 0 Å². The summed E-state index contributed by atoms with van der Waals surface area (Å²) in [6.07, 6.45) is 3.38. The summed E-state index contributed by atoms with van der Waals surface area (Å²) in [5.74, 6) is 0.591. The van der Waals surface area contributed by atoms with Gasteiger partial charge in [0.25, 0.3) is 0 Å². The number of hydrogen-bond donors (Lipinski definition) is 1. The van der Waals surface area contributed by atoms with Crippen molar-refractivity contribution >= 4 is 43.7 Å². The Kier molecular flexibility index (Phi) is 3.29. The number of fused-ring (bicyclic) bond motifs is 3. The van der Waals surface area contributed by atoms with Gasteiger partial charge in [-0.15, -0.1) is 0 Å². The maximum Gasteiger partial charge on any atom is 0.171 e. The van der Waals surface area contributed by atoms with Crippen LogP contribution in [0.5, 0.6) is 0 Å². The summed E-state index contributed by atoms with van der Waals surface area (Å²) in [5.41, 5.74) is 3.03. The lowest BCUT2D eigenvalue weighted by molar-refractivity contribution is -0.169. The van der Waals surface area contributed by atoms with Gasteiger partial charge in [-0.1, -0.05) is 15.9 Å². The molecule has 1 spiro atoms. The monoisotopic (exact) mass is 388 g/mol. The van der Waals surface area contributed by atoms with Gasteiger partial charge in [-0.2, -0.15) is 0 Å². The molecule has 3 aromatic rings. The van der Waals surface area contributed by atoms with E-state index in [0.717, 1.165) is 58.2 Å². The minimum Gasteiger partial charge on any atom is -0.354 e. The highest BCUT2D eigenvalue weighted by molar-refractivity contribution is 9.10. The van der Waals surface area contributed by atoms with E-state index in [9.17, 15) is 0 Å². The van der Waals surface area contributed by atoms with Crippen LogP contribution in [0.4, 0.5) is 5.82 Å². The zero-order valence-corrected chi connectivity index (χ0v) is 14.7. The maximum atomic E-state index is 5.82. The summed E-state index contributed by atoms with van der Waals surface area (Å²) < 4.78 is 12.7. The van der Waals surface area contributed by atoms with E-state index in [1.807, 2.05) is 6.07 Å². The lowest BCUT2D eigenvalue weighted by Gasteiger charge is -2.38. The van der Waals surface area contributed by atoms with Crippen LogP contribution in [0.1, 0.15) is 12.8 Å². The molecule has 0 radical (unpaired) electrons. The van der Waals surface area contributed by atoms with Crippen LogP contribution in [0.15, 0.2) is 29.0 Å². The lowest BCUT2D eigenvalue weighted by Crippen LogP contribution is -2.45. The molecule has 0 amide bonds. The number of nitrogens with one attached hydrogen (secondary N) is 1. The van der Waals surface area contributed by atoms with E-state index in [-0.39, 0.29) is 5.79 Å². The summed E-state index contributed by atoms with van der Waals surface area (Å²) >= 11 is 3.54. The van der Waals surface area contributed by atoms with Gasteiger partial charge in [0, 0.05) is 41.3 Å². The van der Waals surface area contributed by atoms with Crippen molar-refractivity contribution in [3.05, 3.63) is 29.0 Å². The number of rotatable bonds is 1. The first-order chi connectivity index (χ1) is 11.7. The molecule has 1 aromatic carbocycles. The Morgan fingerprint density at radius 2 is 1.92 bits per heavy atom. The number of benzene rings is 1. The fraction of sp³-hybridized carbons (Fsp3) is 0.412. The van der Waals surface area contributed by atoms with Crippen LogP contribution >= 0.6 is 15.9 Å². The van der Waals surface area contributed by atoms with Crippen LogP contribution in [-0.4, -0.2) is 47.0 Å². The molecule has 7 heteroatoms. The number of ether oxygens (including phenoxy) is 2. The van der Waals surface area contributed by atoms with Crippen molar-refractivity contribution in [1.82, 2.24) is 15.0 Å². The van der Waals surface area contributed by atoms with Crippen LogP contribution in [0.2, 0.25) is 0 Å². The highest BCUT2D eigenvalue weighted by Gasteiger charge is 2.40. The lowest BCUT2D eigenvalue weighted by atomic mass is 10.0. The number of aromatic amines is 1. The van der Waals surface area contributed by atoms with Gasteiger partial charge in [-0.05, 0) is 18.2 Å². The molecule has 0 bridgehead atoms. The summed E-state index contributed by atoms with van der Waals surface area (Å²) in [6.45, 7) is 3.14. The van der Waals surface area contributed by atoms with E-state index >= 15 is 0 Å². The molecule has 6 nitrogen and oxygen atoms in total. The smallest absolute Gasteiger partial charge is 0.171 e. The molecule has 2 aliphatic rings. The molecule has 24 heavy (non-hydrogen) atoms. The Bertz CT molecular complexity index is 909. The number of halogens is 1. The summed E-state index contributed by atoms with van der Waals surface area (Å²) in [7, 11) is 0. The highest BCUT2D eigenvalue weighted by atomic mass is 79.9. The average molecular weight is 389 g/mol. The third-order valence-electron chi connectivity index (χ3n) is 4.96. The molecule has 0 aliphatic carbocycles. The first-order valence-electron chi connectivity index (χ1n) is 8.19. The highest BCUT2D eigenvalue weighted by Crippen LogP contribution is 2.36. The third-order valence-corrected chi connectivity index (χ3v) is 5.46. The molecule has 0 unspecified atom stereocenters. The quantitative estimate of drug-likeness (QED) is 0.693. The minimum absolute atomic E-state index is 0.367. The van der Waals surface area contributed by atoms with E-state index in [0.29, 0.717) is 13.2 Å². The van der Waals surface area contributed by atoms with Gasteiger partial charge in [-0.25, -0.2) is 9.97 Å². The Balaban J connectivity index is 1.54. The molecule has 5 rings (SSSR count). The fourth-order valence-electron chi connectivity index (χ4n) is 3.74. The van der Waals surface area contributed by atoms with Crippen LogP contribution < -0.4 is 4.90 Å². The Labute approximate surface area is 147 Å². The first kappa shape index (κ1) is 14.6. The molecular formula is C17H17BrN4O2. The number of hydrogen-bond acceptors (Lipinski definition) is 5. The second-order valence-electron chi connectivity index (χ2n) is 6.33. The molecule has 2 aliphatic heterocycles. The number of nitrogens with zero attached hydrogens (tertiary/aromatic N) is 3. The number of aromatic nitrogens is 3. The van der Waals surface area contributed by atoms with Crippen molar-refractivity contribution in [1.29, 1.82) is 0 Å². The van der Waals surface area contributed by atoms with E-state index in [4.69, 9.17) is 9.47 Å². The molecule has 2 fully saturated rings. The minimum atomic E-state index is -0.367. The molecule has 1 N–H and O–H groups in total. The zero-order chi connectivity index (χ0) is 16.1. The summed E-state index contributed by atoms with van der Waals surface area (Å²) in [6, 6.07) is 6.19. The van der Waals surface area contributed by atoms with Crippen LogP contribution in [0, 0.1) is 0 Å². The van der Waals surface area contributed by atoms with Gasteiger partial charge in [0.05, 0.1) is 13.2 Å². The standard InChI is InChI=1S/C17H17BrN4O2/c18-11-1-2-13-12(9-11)14-15(21-13)16(20-10-19-14)22-5-3-17(4-6-22)23-7-8-24-17/h1-2,9-10,21H,3-8H2. The van der Waals surface area contributed by atoms with Crippen molar-refractivity contribution in [2.24, 2.45) is 0 Å². The van der Waals surface area contributed by atoms with Crippen molar-refractivity contribution in [2.45, 2.75) is 18.6 Å². The Morgan fingerprint density at radius 1 is 1.12 bits per heavy atom. The predicted molar refractivity (Wildman–Crippen MR) is 95.2 cm³/mol. The number of H-pyrrole nitrogens is 1.